The summed E-state index contributed by atoms with van der Waals surface area (Å²) in [5.74, 6) is -0.842. The van der Waals surface area contributed by atoms with Gasteiger partial charge in [-0.2, -0.15) is 0 Å². The summed E-state index contributed by atoms with van der Waals surface area (Å²) in [6.45, 7) is 4.14. The Morgan fingerprint density at radius 2 is 2.16 bits per heavy atom. The molecule has 1 aromatic heterocycles. The number of rotatable bonds is 5. The molecule has 0 bridgehead atoms. The van der Waals surface area contributed by atoms with Crippen LogP contribution in [-0.2, 0) is 11.2 Å². The minimum atomic E-state index is -0.842. The van der Waals surface area contributed by atoms with Gasteiger partial charge in [-0.25, -0.2) is 9.78 Å². The molecule has 1 fully saturated rings. The van der Waals surface area contributed by atoms with Crippen molar-refractivity contribution in [3.8, 4) is 0 Å². The van der Waals surface area contributed by atoms with E-state index in [9.17, 15) is 9.59 Å². The van der Waals surface area contributed by atoms with Crippen molar-refractivity contribution in [1.82, 2.24) is 10.3 Å². The molecule has 0 saturated heterocycles. The Labute approximate surface area is 115 Å². The number of aryl methyl sites for hydroxylation is 2. The number of carbonyl (C=O) groups is 2. The molecule has 1 aromatic rings. The summed E-state index contributed by atoms with van der Waals surface area (Å²) in [5, 5.41) is 14.8. The van der Waals surface area contributed by atoms with Crippen molar-refractivity contribution in [3.63, 3.8) is 0 Å². The minimum absolute atomic E-state index is 0.166. The number of nitrogens with one attached hydrogen (secondary N) is 2. The lowest BCUT2D eigenvalue weighted by Gasteiger charge is -2.10. The molecule has 0 aromatic carbocycles. The van der Waals surface area contributed by atoms with Crippen molar-refractivity contribution in [1.29, 1.82) is 0 Å². The lowest BCUT2D eigenvalue weighted by molar-refractivity contribution is -0.143. The van der Waals surface area contributed by atoms with Gasteiger partial charge in [-0.15, -0.1) is 11.3 Å². The summed E-state index contributed by atoms with van der Waals surface area (Å²) in [7, 11) is 0. The van der Waals surface area contributed by atoms with Crippen LogP contribution in [0.1, 0.15) is 30.3 Å². The predicted molar refractivity (Wildman–Crippen MR) is 72.6 cm³/mol. The number of aromatic nitrogens is 1. The maximum Gasteiger partial charge on any atom is 0.321 e. The normalized spacial score (nSPS) is 15.9. The zero-order valence-corrected chi connectivity index (χ0v) is 11.8. The highest BCUT2D eigenvalue weighted by Gasteiger charge is 2.50. The molecule has 2 amide bonds. The Morgan fingerprint density at radius 1 is 1.47 bits per heavy atom. The summed E-state index contributed by atoms with van der Waals surface area (Å²) in [5.41, 5.74) is 0.231. The van der Waals surface area contributed by atoms with Gasteiger partial charge in [0, 0.05) is 11.4 Å². The number of nitrogens with zero attached hydrogens (tertiary/aromatic N) is 1. The van der Waals surface area contributed by atoms with Crippen LogP contribution in [-0.4, -0.2) is 28.6 Å². The molecule has 0 unspecified atom stereocenters. The highest BCUT2D eigenvalue weighted by atomic mass is 32.1. The lowest BCUT2D eigenvalue weighted by Crippen LogP contribution is -2.36. The van der Waals surface area contributed by atoms with Crippen LogP contribution < -0.4 is 10.6 Å². The summed E-state index contributed by atoms with van der Waals surface area (Å²) < 4.78 is 0. The number of urea groups is 1. The summed E-state index contributed by atoms with van der Waals surface area (Å²) in [6, 6.07) is -0.399. The van der Waals surface area contributed by atoms with Crippen molar-refractivity contribution in [2.75, 3.05) is 11.9 Å². The molecule has 2 rings (SSSR count). The molecule has 7 heteroatoms. The van der Waals surface area contributed by atoms with Crippen molar-refractivity contribution in [2.24, 2.45) is 5.41 Å². The summed E-state index contributed by atoms with van der Waals surface area (Å²) >= 11 is 1.42. The first-order valence-electron chi connectivity index (χ1n) is 6.21. The van der Waals surface area contributed by atoms with E-state index in [2.05, 4.69) is 15.6 Å². The van der Waals surface area contributed by atoms with E-state index in [-0.39, 0.29) is 6.54 Å². The number of hydrogen-bond donors (Lipinski definition) is 3. The summed E-state index contributed by atoms with van der Waals surface area (Å²) in [4.78, 5) is 28.0. The third-order valence-corrected chi connectivity index (χ3v) is 4.27. The monoisotopic (exact) mass is 283 g/mol. The van der Waals surface area contributed by atoms with E-state index >= 15 is 0 Å². The van der Waals surface area contributed by atoms with E-state index in [1.807, 2.05) is 13.8 Å². The first-order chi connectivity index (χ1) is 8.97. The number of carboxylic acid groups (broad SMARTS) is 1. The fraction of sp³-hybridized carbons (Fsp3) is 0.583. The second kappa shape index (κ2) is 5.16. The highest BCUT2D eigenvalue weighted by Crippen LogP contribution is 2.45. The number of hydrogen-bond acceptors (Lipinski definition) is 4. The maximum absolute atomic E-state index is 11.7. The van der Waals surface area contributed by atoms with Gasteiger partial charge in [0.1, 0.15) is 0 Å². The van der Waals surface area contributed by atoms with Crippen LogP contribution in [0.25, 0.3) is 0 Å². The van der Waals surface area contributed by atoms with Crippen LogP contribution in [0.2, 0.25) is 0 Å². The molecule has 1 aliphatic rings. The Kier molecular flexibility index (Phi) is 3.75. The lowest BCUT2D eigenvalue weighted by atomic mass is 10.1. The largest absolute Gasteiger partial charge is 0.481 e. The molecular formula is C12H17N3O3S. The molecule has 0 atom stereocenters. The quantitative estimate of drug-likeness (QED) is 0.770. The van der Waals surface area contributed by atoms with Crippen molar-refractivity contribution in [2.45, 2.75) is 33.1 Å². The predicted octanol–water partition coefficient (Wildman–Crippen LogP) is 2.00. The van der Waals surface area contributed by atoms with E-state index in [0.29, 0.717) is 18.0 Å². The van der Waals surface area contributed by atoms with Gasteiger partial charge in [-0.05, 0) is 26.2 Å². The third-order valence-electron chi connectivity index (χ3n) is 3.34. The number of aliphatic carboxylic acids is 1. The Morgan fingerprint density at radius 3 is 2.63 bits per heavy atom. The highest BCUT2D eigenvalue weighted by molar-refractivity contribution is 7.15. The van der Waals surface area contributed by atoms with Gasteiger partial charge in [-0.1, -0.05) is 6.92 Å². The van der Waals surface area contributed by atoms with Crippen LogP contribution >= 0.6 is 11.3 Å². The average Bonchev–Trinajstić information content (AvgIpc) is 3.07. The first-order valence-corrected chi connectivity index (χ1v) is 7.03. The average molecular weight is 283 g/mol. The smallest absolute Gasteiger partial charge is 0.321 e. The number of anilines is 1. The number of thiazole rings is 1. The Bertz CT molecular complexity index is 508. The fourth-order valence-corrected chi connectivity index (χ4v) is 2.71. The van der Waals surface area contributed by atoms with Crippen molar-refractivity contribution < 1.29 is 14.7 Å². The van der Waals surface area contributed by atoms with Crippen LogP contribution in [0.15, 0.2) is 0 Å². The SMILES string of the molecule is CCc1nc(NC(=O)NCC2(C(=O)O)CC2)sc1C. The van der Waals surface area contributed by atoms with Gasteiger partial charge >= 0.3 is 12.0 Å². The molecule has 0 radical (unpaired) electrons. The number of carbonyl (C=O) groups excluding carboxylic acids is 1. The zero-order chi connectivity index (χ0) is 14.0. The second-order valence-electron chi connectivity index (χ2n) is 4.77. The van der Waals surface area contributed by atoms with E-state index in [1.54, 1.807) is 0 Å². The molecule has 3 N–H and O–H groups in total. The Balaban J connectivity index is 1.86. The maximum atomic E-state index is 11.7. The van der Waals surface area contributed by atoms with Crippen LogP contribution in [0.5, 0.6) is 0 Å². The first kappa shape index (κ1) is 13.8. The molecule has 104 valence electrons. The number of carboxylic acids is 1. The molecule has 1 aliphatic carbocycles. The van der Waals surface area contributed by atoms with Gasteiger partial charge in [0.05, 0.1) is 11.1 Å². The molecule has 19 heavy (non-hydrogen) atoms. The van der Waals surface area contributed by atoms with E-state index in [1.165, 1.54) is 11.3 Å². The third kappa shape index (κ3) is 3.04. The number of amides is 2. The van der Waals surface area contributed by atoms with Gasteiger partial charge in [0.15, 0.2) is 5.13 Å². The zero-order valence-electron chi connectivity index (χ0n) is 10.9. The van der Waals surface area contributed by atoms with Gasteiger partial charge < -0.3 is 10.4 Å². The van der Waals surface area contributed by atoms with Crippen LogP contribution in [0, 0.1) is 12.3 Å². The van der Waals surface area contributed by atoms with E-state index in [0.717, 1.165) is 17.0 Å². The molecule has 0 aliphatic heterocycles. The second-order valence-corrected chi connectivity index (χ2v) is 5.97. The minimum Gasteiger partial charge on any atom is -0.481 e. The molecular weight excluding hydrogens is 266 g/mol. The van der Waals surface area contributed by atoms with Gasteiger partial charge in [0.2, 0.25) is 0 Å². The van der Waals surface area contributed by atoms with E-state index in [4.69, 9.17) is 5.11 Å². The van der Waals surface area contributed by atoms with Gasteiger partial charge in [-0.3, -0.25) is 10.1 Å². The molecule has 1 heterocycles. The van der Waals surface area contributed by atoms with Crippen molar-refractivity contribution in [3.05, 3.63) is 10.6 Å². The van der Waals surface area contributed by atoms with Crippen LogP contribution in [0.3, 0.4) is 0 Å². The van der Waals surface area contributed by atoms with E-state index < -0.39 is 17.4 Å². The summed E-state index contributed by atoms with van der Waals surface area (Å²) in [6.07, 6.45) is 2.08. The molecule has 0 spiro atoms. The topological polar surface area (TPSA) is 91.3 Å². The standard InChI is InChI=1S/C12H17N3O3S/c1-3-8-7(2)19-11(14-8)15-10(18)13-6-12(4-5-12)9(16)17/h3-6H2,1-2H3,(H,16,17)(H2,13,14,15,18). The Hall–Kier alpha value is -1.63. The van der Waals surface area contributed by atoms with Crippen LogP contribution in [0.4, 0.5) is 9.93 Å². The molecule has 6 nitrogen and oxygen atoms in total. The van der Waals surface area contributed by atoms with Gasteiger partial charge in [0.25, 0.3) is 0 Å². The molecule has 1 saturated carbocycles. The van der Waals surface area contributed by atoms with Crippen molar-refractivity contribution >= 4 is 28.5 Å². The fourth-order valence-electron chi connectivity index (χ4n) is 1.82.